The van der Waals surface area contributed by atoms with Crippen LogP contribution in [0.2, 0.25) is 0 Å². The molecule has 0 aliphatic heterocycles. The van der Waals surface area contributed by atoms with Crippen LogP contribution in [0.3, 0.4) is 0 Å². The topological polar surface area (TPSA) is 96.0 Å². The molecule has 0 aliphatic rings. The molecule has 0 fully saturated rings. The lowest BCUT2D eigenvalue weighted by molar-refractivity contribution is -0.119. The Bertz CT molecular complexity index is 749. The second-order valence-corrected chi connectivity index (χ2v) is 6.19. The molecule has 3 N–H and O–H groups in total. The average molecular weight is 419 g/mol. The van der Waals surface area contributed by atoms with Crippen molar-refractivity contribution in [1.82, 2.24) is 5.32 Å². The van der Waals surface area contributed by atoms with Crippen LogP contribution in [-0.2, 0) is 11.2 Å². The molecule has 0 aromatic heterocycles. The molecule has 0 radical (unpaired) electrons. The Labute approximate surface area is 147 Å². The number of halogens is 1. The molecule has 0 saturated carbocycles. The van der Waals surface area contributed by atoms with Crippen LogP contribution in [-0.4, -0.2) is 17.9 Å². The number of rotatable bonds is 5. The van der Waals surface area contributed by atoms with Crippen LogP contribution in [0.5, 0.6) is 0 Å². The minimum absolute atomic E-state index is 0.328. The van der Waals surface area contributed by atoms with Crippen LogP contribution in [0, 0.1) is 14.9 Å². The zero-order valence-corrected chi connectivity index (χ0v) is 14.3. The van der Waals surface area contributed by atoms with E-state index in [9.17, 15) is 9.59 Å². The molecule has 2 aromatic carbocycles. The maximum absolute atomic E-state index is 12.2. The number of benzene rings is 2. The van der Waals surface area contributed by atoms with Gasteiger partial charge >= 0.3 is 0 Å². The number of amides is 2. The van der Waals surface area contributed by atoms with Gasteiger partial charge in [-0.05, 0) is 64.6 Å². The van der Waals surface area contributed by atoms with Crippen molar-refractivity contribution in [2.75, 3.05) is 0 Å². The van der Waals surface area contributed by atoms with Crippen LogP contribution >= 0.6 is 22.6 Å². The van der Waals surface area contributed by atoms with E-state index >= 15 is 0 Å². The van der Waals surface area contributed by atoms with E-state index < -0.39 is 17.9 Å². The number of carbonyl (C=O) groups excluding carboxylic acids is 2. The van der Waals surface area contributed by atoms with Gasteiger partial charge in [-0.15, -0.1) is 0 Å². The molecule has 1 atom stereocenters. The molecule has 0 bridgehead atoms. The van der Waals surface area contributed by atoms with Crippen LogP contribution in [0.4, 0.5) is 0 Å². The van der Waals surface area contributed by atoms with Gasteiger partial charge < -0.3 is 11.1 Å². The van der Waals surface area contributed by atoms with Crippen molar-refractivity contribution < 1.29 is 9.59 Å². The van der Waals surface area contributed by atoms with E-state index in [1.807, 2.05) is 30.3 Å². The molecule has 2 amide bonds. The van der Waals surface area contributed by atoms with Gasteiger partial charge in [0.2, 0.25) is 5.91 Å². The minimum atomic E-state index is -0.793. The first-order chi connectivity index (χ1) is 11.0. The summed E-state index contributed by atoms with van der Waals surface area (Å²) in [4.78, 5) is 23.8. The fourth-order valence-electron chi connectivity index (χ4n) is 2.02. The van der Waals surface area contributed by atoms with Crippen molar-refractivity contribution in [3.8, 4) is 6.07 Å². The van der Waals surface area contributed by atoms with E-state index in [0.717, 1.165) is 9.13 Å². The molecule has 116 valence electrons. The highest BCUT2D eigenvalue weighted by Gasteiger charge is 2.19. The molecule has 2 aromatic rings. The monoisotopic (exact) mass is 419 g/mol. The summed E-state index contributed by atoms with van der Waals surface area (Å²) >= 11 is 2.19. The molecule has 23 heavy (non-hydrogen) atoms. The fraction of sp³-hybridized carbons (Fsp3) is 0.118. The maximum Gasteiger partial charge on any atom is 0.251 e. The van der Waals surface area contributed by atoms with Crippen molar-refractivity contribution in [1.29, 1.82) is 5.26 Å². The third-order valence-electron chi connectivity index (χ3n) is 3.28. The molecule has 0 heterocycles. The molecular weight excluding hydrogens is 405 g/mol. The lowest BCUT2D eigenvalue weighted by Gasteiger charge is -2.15. The largest absolute Gasteiger partial charge is 0.368 e. The highest BCUT2D eigenvalue weighted by Crippen LogP contribution is 2.10. The summed E-state index contributed by atoms with van der Waals surface area (Å²) < 4.78 is 1.09. The van der Waals surface area contributed by atoms with E-state index in [2.05, 4.69) is 27.9 Å². The Balaban J connectivity index is 2.09. The summed E-state index contributed by atoms with van der Waals surface area (Å²) in [6.45, 7) is 0. The summed E-state index contributed by atoms with van der Waals surface area (Å²) in [6, 6.07) is 15.0. The number of nitrogens with zero attached hydrogens (tertiary/aromatic N) is 1. The van der Waals surface area contributed by atoms with Gasteiger partial charge in [-0.1, -0.05) is 12.1 Å². The lowest BCUT2D eigenvalue weighted by Crippen LogP contribution is -2.45. The number of hydrogen-bond acceptors (Lipinski definition) is 3. The normalized spacial score (nSPS) is 11.3. The van der Waals surface area contributed by atoms with Crippen LogP contribution in [0.15, 0.2) is 48.5 Å². The summed E-state index contributed by atoms with van der Waals surface area (Å²) in [5.41, 5.74) is 7.14. The standard InChI is InChI=1S/C17H14IN3O2/c18-14-7-3-11(4-8-14)9-15(16(20)22)21-17(23)13-5-1-12(10-19)2-6-13/h1-8,15H,9H2,(H2,20,22)(H,21,23)/t15-/m0/s1. The second-order valence-electron chi connectivity index (χ2n) is 4.95. The molecular formula is C17H14IN3O2. The van der Waals surface area contributed by atoms with E-state index in [4.69, 9.17) is 11.0 Å². The number of nitrogens with two attached hydrogens (primary N) is 1. The highest BCUT2D eigenvalue weighted by molar-refractivity contribution is 14.1. The van der Waals surface area contributed by atoms with Gasteiger partial charge in [-0.3, -0.25) is 9.59 Å². The first-order valence-corrected chi connectivity index (χ1v) is 7.92. The molecule has 0 spiro atoms. The number of primary amides is 1. The van der Waals surface area contributed by atoms with Gasteiger partial charge in [-0.25, -0.2) is 0 Å². The van der Waals surface area contributed by atoms with Crippen molar-refractivity contribution >= 4 is 34.4 Å². The first kappa shape index (κ1) is 17.0. The maximum atomic E-state index is 12.2. The third-order valence-corrected chi connectivity index (χ3v) is 4.00. The average Bonchev–Trinajstić information content (AvgIpc) is 2.56. The minimum Gasteiger partial charge on any atom is -0.368 e. The first-order valence-electron chi connectivity index (χ1n) is 6.84. The summed E-state index contributed by atoms with van der Waals surface area (Å²) in [5.74, 6) is -0.991. The molecule has 6 heteroatoms. The van der Waals surface area contributed by atoms with Gasteiger partial charge in [0, 0.05) is 15.6 Å². The Morgan fingerprint density at radius 3 is 2.26 bits per heavy atom. The zero-order chi connectivity index (χ0) is 16.8. The van der Waals surface area contributed by atoms with Gasteiger partial charge in [0.05, 0.1) is 11.6 Å². The SMILES string of the molecule is N#Cc1ccc(C(=O)N[C@@H](Cc2ccc(I)cc2)C(N)=O)cc1. The van der Waals surface area contributed by atoms with Crippen LogP contribution < -0.4 is 11.1 Å². The van der Waals surface area contributed by atoms with E-state index in [1.54, 1.807) is 12.1 Å². The fourth-order valence-corrected chi connectivity index (χ4v) is 2.38. The number of carbonyl (C=O) groups is 2. The summed E-state index contributed by atoms with van der Waals surface area (Å²) in [6.07, 6.45) is 0.328. The van der Waals surface area contributed by atoms with Gasteiger partial charge in [0.15, 0.2) is 0 Å². The van der Waals surface area contributed by atoms with Crippen molar-refractivity contribution in [2.24, 2.45) is 5.73 Å². The number of hydrogen-bond donors (Lipinski definition) is 2. The second kappa shape index (κ2) is 7.74. The van der Waals surface area contributed by atoms with Crippen molar-refractivity contribution in [3.63, 3.8) is 0 Å². The summed E-state index contributed by atoms with van der Waals surface area (Å²) in [5, 5.41) is 11.4. The van der Waals surface area contributed by atoms with Crippen LogP contribution in [0.25, 0.3) is 0 Å². The molecule has 2 rings (SSSR count). The number of nitriles is 1. The zero-order valence-electron chi connectivity index (χ0n) is 12.1. The smallest absolute Gasteiger partial charge is 0.251 e. The number of nitrogens with one attached hydrogen (secondary N) is 1. The van der Waals surface area contributed by atoms with E-state index in [0.29, 0.717) is 17.5 Å². The molecule has 5 nitrogen and oxygen atoms in total. The predicted molar refractivity (Wildman–Crippen MR) is 94.5 cm³/mol. The Morgan fingerprint density at radius 1 is 1.13 bits per heavy atom. The van der Waals surface area contributed by atoms with E-state index in [-0.39, 0.29) is 0 Å². The quantitative estimate of drug-likeness (QED) is 0.726. The van der Waals surface area contributed by atoms with Gasteiger partial charge in [0.25, 0.3) is 5.91 Å². The predicted octanol–water partition coefficient (Wildman–Crippen LogP) is 1.99. The molecule has 0 aliphatic carbocycles. The van der Waals surface area contributed by atoms with Gasteiger partial charge in [-0.2, -0.15) is 5.26 Å². The Hall–Kier alpha value is -2.40. The third kappa shape index (κ3) is 4.79. The van der Waals surface area contributed by atoms with Crippen molar-refractivity contribution in [2.45, 2.75) is 12.5 Å². The van der Waals surface area contributed by atoms with Crippen LogP contribution in [0.1, 0.15) is 21.5 Å². The summed E-state index contributed by atoms with van der Waals surface area (Å²) in [7, 11) is 0. The van der Waals surface area contributed by atoms with Gasteiger partial charge in [0.1, 0.15) is 6.04 Å². The Kier molecular flexibility index (Phi) is 5.71. The molecule has 0 unspecified atom stereocenters. The molecule has 0 saturated heterocycles. The lowest BCUT2D eigenvalue weighted by atomic mass is 10.0. The van der Waals surface area contributed by atoms with Crippen molar-refractivity contribution in [3.05, 3.63) is 68.8 Å². The highest BCUT2D eigenvalue weighted by atomic mass is 127. The van der Waals surface area contributed by atoms with E-state index in [1.165, 1.54) is 12.1 Å². The Morgan fingerprint density at radius 2 is 1.74 bits per heavy atom.